The number of hydrogen-bond donors (Lipinski definition) is 0. The van der Waals surface area contributed by atoms with E-state index in [9.17, 15) is 4.79 Å². The average molecular weight is 182 g/mol. The highest BCUT2D eigenvalue weighted by molar-refractivity contribution is 6.30. The summed E-state index contributed by atoms with van der Waals surface area (Å²) in [5.41, 5.74) is 1.08. The number of isocyanates is 1. The third kappa shape index (κ3) is 2.87. The molecule has 0 atom stereocenters. The fraction of sp³-hybridized carbons (Fsp3) is 0.222. The Morgan fingerprint density at radius 3 is 3.00 bits per heavy atom. The highest BCUT2D eigenvalue weighted by atomic mass is 35.5. The van der Waals surface area contributed by atoms with Gasteiger partial charge in [0.25, 0.3) is 0 Å². The van der Waals surface area contributed by atoms with E-state index in [1.54, 1.807) is 0 Å². The van der Waals surface area contributed by atoms with Gasteiger partial charge in [0.1, 0.15) is 0 Å². The summed E-state index contributed by atoms with van der Waals surface area (Å²) >= 11 is 5.75. The molecule has 0 aromatic heterocycles. The molecule has 0 fully saturated rings. The van der Waals surface area contributed by atoms with Gasteiger partial charge >= 0.3 is 0 Å². The molecule has 0 aliphatic heterocycles. The summed E-state index contributed by atoms with van der Waals surface area (Å²) in [5, 5.41) is 0.711. The van der Waals surface area contributed by atoms with Crippen molar-refractivity contribution in [2.45, 2.75) is 6.42 Å². The molecule has 1 aromatic carbocycles. The van der Waals surface area contributed by atoms with Crippen molar-refractivity contribution in [2.24, 2.45) is 4.99 Å². The smallest absolute Gasteiger partial charge is 0.211 e. The van der Waals surface area contributed by atoms with Crippen LogP contribution in [0.2, 0.25) is 5.02 Å². The molecule has 2 nitrogen and oxygen atoms in total. The summed E-state index contributed by atoms with van der Waals surface area (Å²) in [6, 6.07) is 7.50. The summed E-state index contributed by atoms with van der Waals surface area (Å²) in [6.45, 7) is 0.476. The Kier molecular flexibility index (Phi) is 3.52. The Bertz CT molecular complexity index is 305. The Balaban J connectivity index is 2.57. The minimum atomic E-state index is 0.476. The molecule has 0 spiro atoms. The first-order valence-electron chi connectivity index (χ1n) is 3.61. The van der Waals surface area contributed by atoms with Gasteiger partial charge in [0.15, 0.2) is 0 Å². The summed E-state index contributed by atoms with van der Waals surface area (Å²) in [5.74, 6) is 0. The number of benzene rings is 1. The lowest BCUT2D eigenvalue weighted by molar-refractivity contribution is 0.563. The zero-order chi connectivity index (χ0) is 8.81. The first-order valence-corrected chi connectivity index (χ1v) is 3.99. The Morgan fingerprint density at radius 2 is 2.33 bits per heavy atom. The number of carbonyl (C=O) groups excluding carboxylic acids is 1. The third-order valence-electron chi connectivity index (χ3n) is 1.47. The van der Waals surface area contributed by atoms with Crippen LogP contribution in [0.25, 0.3) is 0 Å². The van der Waals surface area contributed by atoms with Crippen molar-refractivity contribution >= 4 is 17.7 Å². The number of hydrogen-bond acceptors (Lipinski definition) is 2. The van der Waals surface area contributed by atoms with Crippen LogP contribution < -0.4 is 0 Å². The van der Waals surface area contributed by atoms with Gasteiger partial charge in [-0.05, 0) is 24.1 Å². The normalized spacial score (nSPS) is 9.08. The van der Waals surface area contributed by atoms with Crippen molar-refractivity contribution in [1.82, 2.24) is 0 Å². The molecule has 0 aliphatic rings. The monoisotopic (exact) mass is 181 g/mol. The SMILES string of the molecule is O=C=NCCc1cccc(Cl)c1. The maximum Gasteiger partial charge on any atom is 0.234 e. The van der Waals surface area contributed by atoms with E-state index in [-0.39, 0.29) is 0 Å². The summed E-state index contributed by atoms with van der Waals surface area (Å²) in [4.78, 5) is 13.2. The van der Waals surface area contributed by atoms with Gasteiger partial charge in [-0.25, -0.2) is 9.79 Å². The van der Waals surface area contributed by atoms with E-state index in [0.29, 0.717) is 11.6 Å². The van der Waals surface area contributed by atoms with Gasteiger partial charge < -0.3 is 0 Å². The molecule has 62 valence electrons. The predicted octanol–water partition coefficient (Wildman–Crippen LogP) is 2.22. The molecular weight excluding hydrogens is 174 g/mol. The molecule has 0 bridgehead atoms. The first-order chi connectivity index (χ1) is 5.83. The van der Waals surface area contributed by atoms with Crippen LogP contribution >= 0.6 is 11.6 Å². The second-order valence-electron chi connectivity index (χ2n) is 2.35. The maximum atomic E-state index is 9.74. The van der Waals surface area contributed by atoms with Crippen molar-refractivity contribution < 1.29 is 4.79 Å². The highest BCUT2D eigenvalue weighted by Crippen LogP contribution is 2.10. The highest BCUT2D eigenvalue weighted by Gasteiger charge is 1.92. The van der Waals surface area contributed by atoms with E-state index in [1.165, 1.54) is 6.08 Å². The van der Waals surface area contributed by atoms with Crippen LogP contribution in [0.5, 0.6) is 0 Å². The van der Waals surface area contributed by atoms with Gasteiger partial charge in [-0.2, -0.15) is 0 Å². The molecular formula is C9H8ClNO. The van der Waals surface area contributed by atoms with Crippen molar-refractivity contribution in [2.75, 3.05) is 6.54 Å². The zero-order valence-corrected chi connectivity index (χ0v) is 7.21. The fourth-order valence-corrected chi connectivity index (χ4v) is 1.14. The van der Waals surface area contributed by atoms with Crippen LogP contribution in [0.4, 0.5) is 0 Å². The van der Waals surface area contributed by atoms with Crippen LogP contribution in [0, 0.1) is 0 Å². The summed E-state index contributed by atoms with van der Waals surface area (Å²) in [6.07, 6.45) is 2.23. The number of rotatable bonds is 3. The van der Waals surface area contributed by atoms with Crippen LogP contribution in [0.1, 0.15) is 5.56 Å². The van der Waals surface area contributed by atoms with E-state index in [0.717, 1.165) is 12.0 Å². The molecule has 0 saturated carbocycles. The summed E-state index contributed by atoms with van der Waals surface area (Å²) < 4.78 is 0. The lowest BCUT2D eigenvalue weighted by Crippen LogP contribution is -1.88. The van der Waals surface area contributed by atoms with E-state index in [1.807, 2.05) is 24.3 Å². The zero-order valence-electron chi connectivity index (χ0n) is 6.46. The van der Waals surface area contributed by atoms with Crippen molar-refractivity contribution in [3.8, 4) is 0 Å². The third-order valence-corrected chi connectivity index (χ3v) is 1.70. The van der Waals surface area contributed by atoms with Crippen molar-refractivity contribution in [1.29, 1.82) is 0 Å². The van der Waals surface area contributed by atoms with Crippen molar-refractivity contribution in [3.63, 3.8) is 0 Å². The number of aliphatic imine (C=N–C) groups is 1. The predicted molar refractivity (Wildman–Crippen MR) is 48.1 cm³/mol. The average Bonchev–Trinajstić information content (AvgIpc) is 2.05. The van der Waals surface area contributed by atoms with Gasteiger partial charge in [0.05, 0.1) is 6.54 Å². The number of halogens is 1. The summed E-state index contributed by atoms with van der Waals surface area (Å²) in [7, 11) is 0. The largest absolute Gasteiger partial charge is 0.234 e. The minimum absolute atomic E-state index is 0.476. The quantitative estimate of drug-likeness (QED) is 0.519. The molecule has 0 N–H and O–H groups in total. The molecule has 0 radical (unpaired) electrons. The van der Waals surface area contributed by atoms with Crippen LogP contribution in [0.15, 0.2) is 29.3 Å². The van der Waals surface area contributed by atoms with Crippen molar-refractivity contribution in [3.05, 3.63) is 34.9 Å². The molecule has 3 heteroatoms. The van der Waals surface area contributed by atoms with E-state index in [4.69, 9.17) is 11.6 Å². The van der Waals surface area contributed by atoms with Crippen LogP contribution in [-0.4, -0.2) is 12.6 Å². The van der Waals surface area contributed by atoms with E-state index < -0.39 is 0 Å². The minimum Gasteiger partial charge on any atom is -0.211 e. The van der Waals surface area contributed by atoms with Gasteiger partial charge in [-0.15, -0.1) is 0 Å². The second kappa shape index (κ2) is 4.70. The standard InChI is InChI=1S/C9H8ClNO/c10-9-3-1-2-8(6-9)4-5-11-7-12/h1-3,6H,4-5H2. The lowest BCUT2D eigenvalue weighted by Gasteiger charge is -1.96. The van der Waals surface area contributed by atoms with Gasteiger partial charge in [-0.3, -0.25) is 0 Å². The second-order valence-corrected chi connectivity index (χ2v) is 2.79. The topological polar surface area (TPSA) is 29.4 Å². The Labute approximate surface area is 75.9 Å². The molecule has 1 rings (SSSR count). The molecule has 0 heterocycles. The molecule has 0 amide bonds. The first kappa shape index (κ1) is 8.98. The van der Waals surface area contributed by atoms with E-state index in [2.05, 4.69) is 4.99 Å². The molecule has 0 aliphatic carbocycles. The molecule has 0 unspecified atom stereocenters. The van der Waals surface area contributed by atoms with Gasteiger partial charge in [0, 0.05) is 5.02 Å². The molecule has 0 saturated heterocycles. The van der Waals surface area contributed by atoms with E-state index >= 15 is 0 Å². The van der Waals surface area contributed by atoms with Gasteiger partial charge in [-0.1, -0.05) is 23.7 Å². The van der Waals surface area contributed by atoms with Gasteiger partial charge in [0.2, 0.25) is 6.08 Å². The Morgan fingerprint density at radius 1 is 1.50 bits per heavy atom. The molecule has 1 aromatic rings. The molecule has 12 heavy (non-hydrogen) atoms. The Hall–Kier alpha value is -1.11. The van der Waals surface area contributed by atoms with Crippen LogP contribution in [-0.2, 0) is 11.2 Å². The number of nitrogens with zero attached hydrogens (tertiary/aromatic N) is 1. The lowest BCUT2D eigenvalue weighted by atomic mass is 10.1. The maximum absolute atomic E-state index is 9.74. The van der Waals surface area contributed by atoms with Crippen LogP contribution in [0.3, 0.4) is 0 Å². The fourth-order valence-electron chi connectivity index (χ4n) is 0.923.